The Bertz CT molecular complexity index is 349. The van der Waals surface area contributed by atoms with Crippen molar-refractivity contribution in [3.8, 4) is 0 Å². The van der Waals surface area contributed by atoms with E-state index in [1.807, 2.05) is 0 Å². The van der Waals surface area contributed by atoms with E-state index in [0.29, 0.717) is 23.6 Å². The fourth-order valence-corrected chi connectivity index (χ4v) is 1.83. The van der Waals surface area contributed by atoms with E-state index in [1.54, 1.807) is 19.2 Å². The Kier molecular flexibility index (Phi) is 6.44. The number of nitrogens with two attached hydrogens (primary N) is 1. The van der Waals surface area contributed by atoms with Crippen molar-refractivity contribution in [2.24, 2.45) is 5.84 Å². The molecule has 0 aliphatic carbocycles. The Morgan fingerprint density at radius 1 is 1.53 bits per heavy atom. The summed E-state index contributed by atoms with van der Waals surface area (Å²) in [7, 11) is 1.66. The lowest BCUT2D eigenvalue weighted by molar-refractivity contribution is 0.188. The normalized spacial score (nSPS) is 12.7. The van der Waals surface area contributed by atoms with Crippen LogP contribution >= 0.6 is 11.6 Å². The Morgan fingerprint density at radius 2 is 2.29 bits per heavy atom. The minimum absolute atomic E-state index is 0.0424. The van der Waals surface area contributed by atoms with Gasteiger partial charge < -0.3 is 4.74 Å². The van der Waals surface area contributed by atoms with Crippen molar-refractivity contribution in [2.75, 3.05) is 13.7 Å². The number of benzene rings is 1. The summed E-state index contributed by atoms with van der Waals surface area (Å²) in [4.78, 5) is 0. The van der Waals surface area contributed by atoms with Gasteiger partial charge >= 0.3 is 0 Å². The number of hydrogen-bond acceptors (Lipinski definition) is 3. The number of hydrogen-bond donors (Lipinski definition) is 2. The minimum Gasteiger partial charge on any atom is -0.385 e. The third-order valence-electron chi connectivity index (χ3n) is 2.62. The minimum atomic E-state index is -0.288. The van der Waals surface area contributed by atoms with E-state index >= 15 is 0 Å². The van der Waals surface area contributed by atoms with Crippen LogP contribution in [-0.4, -0.2) is 19.8 Å². The first-order valence-corrected chi connectivity index (χ1v) is 5.94. The van der Waals surface area contributed by atoms with Gasteiger partial charge in [0.15, 0.2) is 0 Å². The van der Waals surface area contributed by atoms with Crippen molar-refractivity contribution in [1.29, 1.82) is 0 Å². The van der Waals surface area contributed by atoms with Crippen LogP contribution in [0.4, 0.5) is 4.39 Å². The van der Waals surface area contributed by atoms with Gasteiger partial charge in [0, 0.05) is 24.8 Å². The van der Waals surface area contributed by atoms with Gasteiger partial charge in [0.1, 0.15) is 5.82 Å². The van der Waals surface area contributed by atoms with Crippen molar-refractivity contribution in [2.45, 2.75) is 25.3 Å². The van der Waals surface area contributed by atoms with Gasteiger partial charge in [-0.2, -0.15) is 0 Å². The van der Waals surface area contributed by atoms with Crippen molar-refractivity contribution in [1.82, 2.24) is 5.43 Å². The lowest BCUT2D eigenvalue weighted by Gasteiger charge is -2.16. The summed E-state index contributed by atoms with van der Waals surface area (Å²) in [5.41, 5.74) is 3.32. The Labute approximate surface area is 106 Å². The quantitative estimate of drug-likeness (QED) is 0.449. The van der Waals surface area contributed by atoms with Crippen LogP contribution in [0.5, 0.6) is 0 Å². The third-order valence-corrected chi connectivity index (χ3v) is 2.85. The van der Waals surface area contributed by atoms with Gasteiger partial charge in [0.25, 0.3) is 0 Å². The molecule has 1 aromatic rings. The van der Waals surface area contributed by atoms with Crippen LogP contribution in [0.1, 0.15) is 18.4 Å². The number of halogens is 2. The molecule has 0 aromatic heterocycles. The van der Waals surface area contributed by atoms with E-state index in [0.717, 1.165) is 12.8 Å². The molecule has 0 aliphatic rings. The van der Waals surface area contributed by atoms with Crippen molar-refractivity contribution >= 4 is 11.6 Å². The smallest absolute Gasteiger partial charge is 0.127 e. The molecule has 0 saturated heterocycles. The van der Waals surface area contributed by atoms with Crippen LogP contribution < -0.4 is 11.3 Å². The highest BCUT2D eigenvalue weighted by Crippen LogP contribution is 2.17. The van der Waals surface area contributed by atoms with Crippen molar-refractivity contribution < 1.29 is 9.13 Å². The van der Waals surface area contributed by atoms with E-state index in [4.69, 9.17) is 22.2 Å². The lowest BCUT2D eigenvalue weighted by Crippen LogP contribution is -2.37. The zero-order chi connectivity index (χ0) is 12.7. The fourth-order valence-electron chi connectivity index (χ4n) is 1.67. The molecular weight excluding hydrogens is 243 g/mol. The number of methoxy groups -OCH3 is 1. The Morgan fingerprint density at radius 3 is 2.88 bits per heavy atom. The second-order valence-corrected chi connectivity index (χ2v) is 4.37. The van der Waals surface area contributed by atoms with Gasteiger partial charge in [-0.1, -0.05) is 17.7 Å². The first-order chi connectivity index (χ1) is 8.17. The lowest BCUT2D eigenvalue weighted by atomic mass is 10.0. The standard InChI is InChI=1S/C12H18ClFN2O/c1-17-6-2-3-11(16-15)7-9-4-5-10(13)8-12(9)14/h4-5,8,11,16H,2-3,6-7,15H2,1H3. The summed E-state index contributed by atoms with van der Waals surface area (Å²) >= 11 is 5.69. The van der Waals surface area contributed by atoms with Gasteiger partial charge in [-0.05, 0) is 37.0 Å². The zero-order valence-corrected chi connectivity index (χ0v) is 10.6. The highest BCUT2D eigenvalue weighted by atomic mass is 35.5. The van der Waals surface area contributed by atoms with Crippen LogP contribution in [0.3, 0.4) is 0 Å². The number of hydrazine groups is 1. The molecule has 3 nitrogen and oxygen atoms in total. The van der Waals surface area contributed by atoms with Crippen molar-refractivity contribution in [3.63, 3.8) is 0 Å². The molecule has 1 unspecified atom stereocenters. The van der Waals surface area contributed by atoms with Crippen molar-refractivity contribution in [3.05, 3.63) is 34.6 Å². The number of ether oxygens (including phenoxy) is 1. The molecule has 0 amide bonds. The van der Waals surface area contributed by atoms with Crippen LogP contribution in [0, 0.1) is 5.82 Å². The molecule has 5 heteroatoms. The monoisotopic (exact) mass is 260 g/mol. The maximum Gasteiger partial charge on any atom is 0.127 e. The molecule has 0 saturated carbocycles. The van der Waals surface area contributed by atoms with E-state index in [-0.39, 0.29) is 11.9 Å². The zero-order valence-electron chi connectivity index (χ0n) is 9.88. The molecule has 0 aliphatic heterocycles. The Hall–Kier alpha value is -0.680. The molecule has 0 spiro atoms. The highest BCUT2D eigenvalue weighted by Gasteiger charge is 2.11. The molecule has 96 valence electrons. The van der Waals surface area contributed by atoms with Crippen LogP contribution in [0.2, 0.25) is 5.02 Å². The molecular formula is C12H18ClFN2O. The van der Waals surface area contributed by atoms with E-state index in [1.165, 1.54) is 6.07 Å². The maximum absolute atomic E-state index is 13.6. The second-order valence-electron chi connectivity index (χ2n) is 3.94. The molecule has 0 radical (unpaired) electrons. The average molecular weight is 261 g/mol. The van der Waals surface area contributed by atoms with E-state index < -0.39 is 0 Å². The first-order valence-electron chi connectivity index (χ1n) is 5.56. The molecule has 0 heterocycles. The molecule has 0 bridgehead atoms. The first kappa shape index (κ1) is 14.4. The molecule has 1 aromatic carbocycles. The van der Waals surface area contributed by atoms with Crippen LogP contribution in [-0.2, 0) is 11.2 Å². The Balaban J connectivity index is 2.54. The van der Waals surface area contributed by atoms with Crippen LogP contribution in [0.15, 0.2) is 18.2 Å². The molecule has 0 fully saturated rings. The summed E-state index contributed by atoms with van der Waals surface area (Å²) in [6.07, 6.45) is 2.27. The maximum atomic E-state index is 13.6. The van der Waals surface area contributed by atoms with Gasteiger partial charge in [-0.3, -0.25) is 11.3 Å². The SMILES string of the molecule is COCCCC(Cc1ccc(Cl)cc1F)NN. The summed E-state index contributed by atoms with van der Waals surface area (Å²) < 4.78 is 18.5. The molecule has 3 N–H and O–H groups in total. The number of nitrogens with one attached hydrogen (secondary N) is 1. The van der Waals surface area contributed by atoms with Gasteiger partial charge in [0.2, 0.25) is 0 Å². The third kappa shape index (κ3) is 5.00. The second kappa shape index (κ2) is 7.61. The predicted molar refractivity (Wildman–Crippen MR) is 67.3 cm³/mol. The molecule has 1 atom stereocenters. The van der Waals surface area contributed by atoms with E-state index in [9.17, 15) is 4.39 Å². The summed E-state index contributed by atoms with van der Waals surface area (Å²) in [5, 5.41) is 0.405. The largest absolute Gasteiger partial charge is 0.385 e. The fraction of sp³-hybridized carbons (Fsp3) is 0.500. The number of rotatable bonds is 7. The summed E-state index contributed by atoms with van der Waals surface area (Å²) in [5.74, 6) is 5.16. The van der Waals surface area contributed by atoms with Crippen LogP contribution in [0.25, 0.3) is 0 Å². The summed E-state index contributed by atoms with van der Waals surface area (Å²) in [6.45, 7) is 0.682. The topological polar surface area (TPSA) is 47.3 Å². The molecule has 17 heavy (non-hydrogen) atoms. The summed E-state index contributed by atoms with van der Waals surface area (Å²) in [6, 6.07) is 4.74. The van der Waals surface area contributed by atoms with Gasteiger partial charge in [-0.25, -0.2) is 4.39 Å². The van der Waals surface area contributed by atoms with Gasteiger partial charge in [-0.15, -0.1) is 0 Å². The average Bonchev–Trinajstić information content (AvgIpc) is 2.31. The van der Waals surface area contributed by atoms with E-state index in [2.05, 4.69) is 5.43 Å². The molecule has 1 rings (SSSR count). The predicted octanol–water partition coefficient (Wildman–Crippen LogP) is 2.28. The van der Waals surface area contributed by atoms with Gasteiger partial charge in [0.05, 0.1) is 0 Å². The highest BCUT2D eigenvalue weighted by molar-refractivity contribution is 6.30.